The monoisotopic (exact) mass is 279 g/mol. The average molecular weight is 280 g/mol. The van der Waals surface area contributed by atoms with Gasteiger partial charge in [-0.1, -0.05) is 43.1 Å². The number of nitrogens with two attached hydrogens (primary N) is 1. The molecule has 3 nitrogen and oxygen atoms in total. The highest BCUT2D eigenvalue weighted by atomic mass is 35.5. The predicted molar refractivity (Wildman–Crippen MR) is 81.8 cm³/mol. The molecule has 0 atom stereocenters. The molecule has 0 saturated heterocycles. The second-order valence-electron chi connectivity index (χ2n) is 5.24. The molecule has 1 saturated carbocycles. The number of hydrogen-bond donors (Lipinski definition) is 2. The first kappa shape index (κ1) is 14.2. The van der Waals surface area contributed by atoms with E-state index in [1.807, 2.05) is 18.2 Å². The minimum absolute atomic E-state index is 0.120. The minimum atomic E-state index is 0.120. The van der Waals surface area contributed by atoms with Crippen LogP contribution in [-0.4, -0.2) is 19.0 Å². The van der Waals surface area contributed by atoms with Crippen LogP contribution in [0.2, 0.25) is 5.02 Å². The van der Waals surface area contributed by atoms with E-state index in [4.69, 9.17) is 17.3 Å². The maximum Gasteiger partial charge on any atom is 0.188 e. The molecule has 1 aromatic carbocycles. The van der Waals surface area contributed by atoms with Crippen molar-refractivity contribution in [3.05, 3.63) is 34.9 Å². The third kappa shape index (κ3) is 3.63. The van der Waals surface area contributed by atoms with Crippen LogP contribution in [0.4, 0.5) is 0 Å². The van der Waals surface area contributed by atoms with Gasteiger partial charge in [0.15, 0.2) is 5.96 Å². The molecule has 0 bridgehead atoms. The lowest BCUT2D eigenvalue weighted by atomic mass is 9.96. The topological polar surface area (TPSA) is 50.4 Å². The number of nitrogens with zero attached hydrogens (tertiary/aromatic N) is 1. The summed E-state index contributed by atoms with van der Waals surface area (Å²) in [6.45, 7) is 3.78. The van der Waals surface area contributed by atoms with Gasteiger partial charge in [0.1, 0.15) is 0 Å². The van der Waals surface area contributed by atoms with Crippen molar-refractivity contribution >= 4 is 17.6 Å². The Balaban J connectivity index is 1.95. The second kappa shape index (κ2) is 6.29. The maximum atomic E-state index is 6.27. The molecule has 0 unspecified atom stereocenters. The normalized spacial score (nSPS) is 17.3. The third-order valence-electron chi connectivity index (χ3n) is 3.69. The predicted octanol–water partition coefficient (Wildman–Crippen LogP) is 3.08. The van der Waals surface area contributed by atoms with Gasteiger partial charge < -0.3 is 11.1 Å². The highest BCUT2D eigenvalue weighted by molar-refractivity contribution is 6.31. The van der Waals surface area contributed by atoms with Crippen LogP contribution in [0, 0.1) is 0 Å². The van der Waals surface area contributed by atoms with Gasteiger partial charge in [-0.15, -0.1) is 0 Å². The van der Waals surface area contributed by atoms with Gasteiger partial charge in [0.25, 0.3) is 0 Å². The largest absolute Gasteiger partial charge is 0.370 e. The number of halogens is 1. The number of rotatable bonds is 6. The van der Waals surface area contributed by atoms with Crippen molar-refractivity contribution in [2.24, 2.45) is 10.7 Å². The van der Waals surface area contributed by atoms with Crippen LogP contribution in [0.5, 0.6) is 0 Å². The molecule has 0 aliphatic heterocycles. The Morgan fingerprint density at radius 3 is 2.79 bits per heavy atom. The number of nitrogens with one attached hydrogen (secondary N) is 1. The number of guanidine groups is 1. The molecule has 19 heavy (non-hydrogen) atoms. The molecule has 0 radical (unpaired) electrons. The zero-order valence-electron chi connectivity index (χ0n) is 11.5. The van der Waals surface area contributed by atoms with Gasteiger partial charge in [-0.05, 0) is 30.9 Å². The molecule has 4 heteroatoms. The van der Waals surface area contributed by atoms with Crippen LogP contribution in [0.25, 0.3) is 0 Å². The smallest absolute Gasteiger partial charge is 0.188 e. The van der Waals surface area contributed by atoms with Gasteiger partial charge in [0, 0.05) is 17.0 Å². The van der Waals surface area contributed by atoms with E-state index in [0.717, 1.165) is 43.8 Å². The van der Waals surface area contributed by atoms with Crippen LogP contribution < -0.4 is 11.1 Å². The van der Waals surface area contributed by atoms with Crippen molar-refractivity contribution in [2.75, 3.05) is 13.1 Å². The van der Waals surface area contributed by atoms with Gasteiger partial charge in [-0.3, -0.25) is 4.99 Å². The van der Waals surface area contributed by atoms with Crippen molar-refractivity contribution in [1.82, 2.24) is 5.32 Å². The van der Waals surface area contributed by atoms with Gasteiger partial charge in [-0.25, -0.2) is 0 Å². The third-order valence-corrected chi connectivity index (χ3v) is 4.02. The molecule has 0 aromatic heterocycles. The molecule has 0 amide bonds. The standard InChI is InChI=1S/C15H22ClN3/c1-2-3-10-18-14(17)19-11-15(8-9-15)12-6-4-5-7-13(12)16/h4-7H,2-3,8-11H2,1H3,(H3,17,18,19). The lowest BCUT2D eigenvalue weighted by Gasteiger charge is -2.15. The number of hydrogen-bond acceptors (Lipinski definition) is 1. The van der Waals surface area contributed by atoms with E-state index in [1.165, 1.54) is 5.56 Å². The van der Waals surface area contributed by atoms with E-state index >= 15 is 0 Å². The summed E-state index contributed by atoms with van der Waals surface area (Å²) in [5.41, 5.74) is 7.20. The summed E-state index contributed by atoms with van der Waals surface area (Å²) in [5, 5.41) is 3.99. The van der Waals surface area contributed by atoms with Crippen LogP contribution in [0.1, 0.15) is 38.2 Å². The van der Waals surface area contributed by atoms with E-state index in [2.05, 4.69) is 23.3 Å². The fourth-order valence-electron chi connectivity index (χ4n) is 2.24. The second-order valence-corrected chi connectivity index (χ2v) is 5.65. The lowest BCUT2D eigenvalue weighted by Crippen LogP contribution is -2.33. The molecule has 0 spiro atoms. The van der Waals surface area contributed by atoms with Crippen molar-refractivity contribution in [3.63, 3.8) is 0 Å². The van der Waals surface area contributed by atoms with Gasteiger partial charge in [-0.2, -0.15) is 0 Å². The van der Waals surface area contributed by atoms with Gasteiger partial charge >= 0.3 is 0 Å². The molecule has 1 fully saturated rings. The van der Waals surface area contributed by atoms with Crippen molar-refractivity contribution in [2.45, 2.75) is 38.0 Å². The van der Waals surface area contributed by atoms with Crippen molar-refractivity contribution in [1.29, 1.82) is 0 Å². The van der Waals surface area contributed by atoms with E-state index in [0.29, 0.717) is 5.96 Å². The SMILES string of the molecule is CCCCNC(N)=NCC1(c2ccccc2Cl)CC1. The van der Waals surface area contributed by atoms with Crippen LogP contribution >= 0.6 is 11.6 Å². The fraction of sp³-hybridized carbons (Fsp3) is 0.533. The zero-order valence-corrected chi connectivity index (χ0v) is 12.2. The molecule has 0 heterocycles. The summed E-state index contributed by atoms with van der Waals surface area (Å²) < 4.78 is 0. The highest BCUT2D eigenvalue weighted by Crippen LogP contribution is 2.50. The average Bonchev–Trinajstić information content (AvgIpc) is 3.18. The Bertz CT molecular complexity index is 452. The number of benzene rings is 1. The number of unbranched alkanes of at least 4 members (excludes halogenated alkanes) is 1. The molecule has 104 valence electrons. The Hall–Kier alpha value is -1.22. The Labute approximate surface area is 120 Å². The molecule has 1 aliphatic carbocycles. The van der Waals surface area contributed by atoms with E-state index in [-0.39, 0.29) is 5.41 Å². The van der Waals surface area contributed by atoms with Crippen molar-refractivity contribution < 1.29 is 0 Å². The van der Waals surface area contributed by atoms with E-state index in [1.54, 1.807) is 0 Å². The zero-order chi connectivity index (χ0) is 13.7. The molecule has 1 aromatic rings. The van der Waals surface area contributed by atoms with Gasteiger partial charge in [0.2, 0.25) is 0 Å². The lowest BCUT2D eigenvalue weighted by molar-refractivity contribution is 0.694. The van der Waals surface area contributed by atoms with Crippen LogP contribution in [0.3, 0.4) is 0 Å². The van der Waals surface area contributed by atoms with Crippen LogP contribution in [0.15, 0.2) is 29.3 Å². The van der Waals surface area contributed by atoms with E-state index < -0.39 is 0 Å². The first-order valence-electron chi connectivity index (χ1n) is 6.97. The molecule has 2 rings (SSSR count). The van der Waals surface area contributed by atoms with Crippen molar-refractivity contribution in [3.8, 4) is 0 Å². The molecular formula is C15H22ClN3. The summed E-state index contributed by atoms with van der Waals surface area (Å²) in [5.74, 6) is 0.548. The fourth-order valence-corrected chi connectivity index (χ4v) is 2.58. The quantitative estimate of drug-likeness (QED) is 0.478. The first-order valence-corrected chi connectivity index (χ1v) is 7.34. The Morgan fingerprint density at radius 1 is 1.42 bits per heavy atom. The molecule has 3 N–H and O–H groups in total. The minimum Gasteiger partial charge on any atom is -0.370 e. The highest BCUT2D eigenvalue weighted by Gasteiger charge is 2.45. The molecule has 1 aliphatic rings. The van der Waals surface area contributed by atoms with Gasteiger partial charge in [0.05, 0.1) is 6.54 Å². The summed E-state index contributed by atoms with van der Waals surface area (Å²) in [7, 11) is 0. The van der Waals surface area contributed by atoms with E-state index in [9.17, 15) is 0 Å². The Morgan fingerprint density at radius 2 is 2.16 bits per heavy atom. The first-order chi connectivity index (χ1) is 9.18. The maximum absolute atomic E-state index is 6.27. The summed E-state index contributed by atoms with van der Waals surface area (Å²) in [6, 6.07) is 8.05. The summed E-state index contributed by atoms with van der Waals surface area (Å²) in [4.78, 5) is 4.47. The van der Waals surface area contributed by atoms with Crippen LogP contribution in [-0.2, 0) is 5.41 Å². The number of aliphatic imine (C=N–C) groups is 1. The molecular weight excluding hydrogens is 258 g/mol. The Kier molecular flexibility index (Phi) is 4.70. The summed E-state index contributed by atoms with van der Waals surface area (Å²) >= 11 is 6.27. The summed E-state index contributed by atoms with van der Waals surface area (Å²) in [6.07, 6.45) is 4.56.